The van der Waals surface area contributed by atoms with Crippen LogP contribution in [-0.4, -0.2) is 41.7 Å². The van der Waals surface area contributed by atoms with Crippen molar-refractivity contribution in [1.29, 1.82) is 0 Å². The fraction of sp³-hybridized carbons (Fsp3) is 0.312. The average molecular weight is 519 g/mol. The first-order valence-corrected chi connectivity index (χ1v) is 12.6. The normalized spacial score (nSPS) is 11.2. The van der Waals surface area contributed by atoms with Gasteiger partial charge in [-0.25, -0.2) is 0 Å². The second kappa shape index (κ2) is 13.5. The predicted molar refractivity (Wildman–Crippen MR) is 155 cm³/mol. The second-order valence-corrected chi connectivity index (χ2v) is 8.61. The Morgan fingerprint density at radius 2 is 0.816 bits per heavy atom. The van der Waals surface area contributed by atoms with Gasteiger partial charge in [-0.3, -0.25) is 0 Å². The van der Waals surface area contributed by atoms with Crippen molar-refractivity contribution in [3.05, 3.63) is 69.8 Å². The second-order valence-electron chi connectivity index (χ2n) is 8.61. The molecule has 0 saturated heterocycles. The van der Waals surface area contributed by atoms with Crippen LogP contribution < -0.4 is 28.4 Å². The van der Waals surface area contributed by atoms with E-state index in [1.165, 1.54) is 11.1 Å². The van der Waals surface area contributed by atoms with E-state index in [1.54, 1.807) is 28.4 Å². The minimum absolute atomic E-state index is 0.529. The molecule has 0 amide bonds. The zero-order valence-corrected chi connectivity index (χ0v) is 23.6. The molecule has 0 heterocycles. The van der Waals surface area contributed by atoms with E-state index in [1.807, 2.05) is 38.1 Å². The van der Waals surface area contributed by atoms with Gasteiger partial charge in [0.1, 0.15) is 0 Å². The Morgan fingerprint density at radius 3 is 1.08 bits per heavy atom. The smallest absolute Gasteiger partial charge is 0.203 e. The van der Waals surface area contributed by atoms with Gasteiger partial charge in [0.25, 0.3) is 0 Å². The molecule has 0 radical (unpaired) electrons. The van der Waals surface area contributed by atoms with E-state index < -0.39 is 0 Å². The van der Waals surface area contributed by atoms with Crippen LogP contribution >= 0.6 is 0 Å². The number of ether oxygens (including phenoxy) is 6. The number of hydrogen-bond donors (Lipinski definition) is 0. The highest BCUT2D eigenvalue weighted by molar-refractivity contribution is 5.78. The molecule has 3 aromatic rings. The van der Waals surface area contributed by atoms with Crippen molar-refractivity contribution in [3.8, 4) is 34.5 Å². The van der Waals surface area contributed by atoms with Gasteiger partial charge in [-0.05, 0) is 85.3 Å². The lowest BCUT2D eigenvalue weighted by molar-refractivity contribution is 0.288. The number of hydrogen-bond acceptors (Lipinski definition) is 6. The maximum atomic E-state index is 5.71. The molecule has 6 heteroatoms. The minimum Gasteiger partial charge on any atom is -0.493 e. The van der Waals surface area contributed by atoms with Gasteiger partial charge in [-0.15, -0.1) is 0 Å². The van der Waals surface area contributed by atoms with Gasteiger partial charge in [0, 0.05) is 0 Å². The lowest BCUT2D eigenvalue weighted by Gasteiger charge is -2.14. The van der Waals surface area contributed by atoms with E-state index in [9.17, 15) is 0 Å². The zero-order valence-electron chi connectivity index (χ0n) is 23.6. The lowest BCUT2D eigenvalue weighted by atomic mass is 9.98. The molecule has 202 valence electrons. The molecule has 0 atom stereocenters. The Kier molecular flexibility index (Phi) is 10.1. The van der Waals surface area contributed by atoms with Crippen molar-refractivity contribution < 1.29 is 28.4 Å². The van der Waals surface area contributed by atoms with Crippen LogP contribution in [0.15, 0.2) is 36.4 Å². The van der Waals surface area contributed by atoms with Gasteiger partial charge in [0.15, 0.2) is 23.0 Å². The van der Waals surface area contributed by atoms with Gasteiger partial charge < -0.3 is 28.4 Å². The Hall–Kier alpha value is -4.06. The van der Waals surface area contributed by atoms with Crippen molar-refractivity contribution in [2.24, 2.45) is 0 Å². The molecule has 6 nitrogen and oxygen atoms in total. The summed E-state index contributed by atoms with van der Waals surface area (Å²) < 4.78 is 33.6. The van der Waals surface area contributed by atoms with Crippen molar-refractivity contribution in [3.63, 3.8) is 0 Å². The number of methoxy groups -OCH3 is 4. The van der Waals surface area contributed by atoms with E-state index in [-0.39, 0.29) is 0 Å². The quantitative estimate of drug-likeness (QED) is 0.232. The first-order valence-electron chi connectivity index (χ1n) is 12.6. The van der Waals surface area contributed by atoms with Crippen LogP contribution in [0.25, 0.3) is 24.3 Å². The first kappa shape index (κ1) is 28.5. The largest absolute Gasteiger partial charge is 0.493 e. The third kappa shape index (κ3) is 6.62. The lowest BCUT2D eigenvalue weighted by Crippen LogP contribution is -1.99. The van der Waals surface area contributed by atoms with Crippen molar-refractivity contribution >= 4 is 24.3 Å². The molecule has 0 aliphatic carbocycles. The highest BCUT2D eigenvalue weighted by atomic mass is 16.5. The minimum atomic E-state index is 0.529. The third-order valence-corrected chi connectivity index (χ3v) is 6.11. The highest BCUT2D eigenvalue weighted by Crippen LogP contribution is 2.40. The molecule has 0 unspecified atom stereocenters. The van der Waals surface area contributed by atoms with Gasteiger partial charge in [-0.1, -0.05) is 36.4 Å². The molecule has 3 rings (SSSR count). The van der Waals surface area contributed by atoms with Crippen LogP contribution in [0.4, 0.5) is 0 Å². The molecule has 0 saturated carbocycles. The van der Waals surface area contributed by atoms with Crippen molar-refractivity contribution in [1.82, 2.24) is 0 Å². The Labute approximate surface area is 226 Å². The standard InChI is InChI=1S/C32H38O6/c1-9-37-31-27(33-5)17-23(18-28(31)34-6)11-13-25-15-22(4)26(16-21(25)3)14-12-24-19-29(35-7)32(38-10-2)30(20-24)36-8/h11-20H,9-10H2,1-8H3. The maximum Gasteiger partial charge on any atom is 0.203 e. The zero-order chi connectivity index (χ0) is 27.7. The fourth-order valence-electron chi connectivity index (χ4n) is 4.16. The molecule has 38 heavy (non-hydrogen) atoms. The summed E-state index contributed by atoms with van der Waals surface area (Å²) in [6, 6.07) is 12.2. The number of benzene rings is 3. The molecule has 0 bridgehead atoms. The van der Waals surface area contributed by atoms with Gasteiger partial charge in [0.2, 0.25) is 11.5 Å². The van der Waals surface area contributed by atoms with Gasteiger partial charge in [0.05, 0.1) is 41.7 Å². The SMILES string of the molecule is CCOc1c(OC)cc(C=Cc2cc(C)c(C=Cc3cc(OC)c(OCC)c(OC)c3)cc2C)cc1OC. The first-order chi connectivity index (χ1) is 18.4. The Balaban J connectivity index is 1.89. The Morgan fingerprint density at radius 1 is 0.500 bits per heavy atom. The Bertz CT molecular complexity index is 1150. The average Bonchev–Trinajstić information content (AvgIpc) is 2.93. The molecule has 3 aromatic carbocycles. The molecule has 0 aliphatic heterocycles. The summed E-state index contributed by atoms with van der Waals surface area (Å²) in [5, 5.41) is 0. The van der Waals surface area contributed by atoms with Crippen LogP contribution in [-0.2, 0) is 0 Å². The van der Waals surface area contributed by atoms with Gasteiger partial charge >= 0.3 is 0 Å². The summed E-state index contributed by atoms with van der Waals surface area (Å²) in [7, 11) is 6.52. The van der Waals surface area contributed by atoms with Crippen LogP contribution in [0.1, 0.15) is 47.2 Å². The molecule has 0 fully saturated rings. The summed E-state index contributed by atoms with van der Waals surface area (Å²) in [5.41, 5.74) is 6.52. The van der Waals surface area contributed by atoms with Crippen LogP contribution in [0.5, 0.6) is 34.5 Å². The van der Waals surface area contributed by atoms with Crippen LogP contribution in [0.2, 0.25) is 0 Å². The van der Waals surface area contributed by atoms with Crippen LogP contribution in [0.3, 0.4) is 0 Å². The summed E-state index contributed by atoms with van der Waals surface area (Å²) in [6.07, 6.45) is 8.31. The van der Waals surface area contributed by atoms with E-state index in [2.05, 4.69) is 50.3 Å². The summed E-state index contributed by atoms with van der Waals surface area (Å²) in [5.74, 6) is 3.79. The van der Waals surface area contributed by atoms with Crippen molar-refractivity contribution in [2.75, 3.05) is 41.7 Å². The molecule has 0 aliphatic rings. The van der Waals surface area contributed by atoms with E-state index in [4.69, 9.17) is 28.4 Å². The fourth-order valence-corrected chi connectivity index (χ4v) is 4.16. The molecule has 0 N–H and O–H groups in total. The van der Waals surface area contributed by atoms with E-state index in [0.717, 1.165) is 22.3 Å². The third-order valence-electron chi connectivity index (χ3n) is 6.11. The topological polar surface area (TPSA) is 55.4 Å². The van der Waals surface area contributed by atoms with Crippen molar-refractivity contribution in [2.45, 2.75) is 27.7 Å². The van der Waals surface area contributed by atoms with E-state index in [0.29, 0.717) is 47.7 Å². The summed E-state index contributed by atoms with van der Waals surface area (Å²) in [4.78, 5) is 0. The van der Waals surface area contributed by atoms with E-state index >= 15 is 0 Å². The highest BCUT2D eigenvalue weighted by Gasteiger charge is 2.14. The summed E-state index contributed by atoms with van der Waals surface area (Å²) >= 11 is 0. The summed E-state index contributed by atoms with van der Waals surface area (Å²) in [6.45, 7) is 9.14. The number of rotatable bonds is 12. The van der Waals surface area contributed by atoms with Gasteiger partial charge in [-0.2, -0.15) is 0 Å². The molecule has 0 aromatic heterocycles. The molecule has 0 spiro atoms. The monoisotopic (exact) mass is 518 g/mol. The number of aryl methyl sites for hydroxylation is 2. The molecular weight excluding hydrogens is 480 g/mol. The van der Waals surface area contributed by atoms with Crippen LogP contribution in [0, 0.1) is 13.8 Å². The molecular formula is C32H38O6. The maximum absolute atomic E-state index is 5.71. The predicted octanol–water partition coefficient (Wildman–Crippen LogP) is 7.48.